The predicted molar refractivity (Wildman–Crippen MR) is 110 cm³/mol. The molecular formula is C22H24N4O. The first-order valence-corrected chi connectivity index (χ1v) is 9.43. The molecular weight excluding hydrogens is 336 g/mol. The van der Waals surface area contributed by atoms with Crippen LogP contribution in [0.25, 0.3) is 11.4 Å². The number of hydrogen-bond donors (Lipinski definition) is 2. The normalized spacial score (nSPS) is 14.1. The van der Waals surface area contributed by atoms with Crippen molar-refractivity contribution in [2.45, 2.75) is 31.7 Å². The van der Waals surface area contributed by atoms with Gasteiger partial charge < -0.3 is 15.4 Å². The van der Waals surface area contributed by atoms with E-state index in [-0.39, 0.29) is 0 Å². The predicted octanol–water partition coefficient (Wildman–Crippen LogP) is 5.25. The van der Waals surface area contributed by atoms with Gasteiger partial charge in [0.25, 0.3) is 0 Å². The zero-order chi connectivity index (χ0) is 18.5. The number of nitrogens with one attached hydrogen (secondary N) is 2. The van der Waals surface area contributed by atoms with Gasteiger partial charge in [-0.1, -0.05) is 55.3 Å². The lowest BCUT2D eigenvalue weighted by atomic mass is 10.2. The molecule has 1 heterocycles. The summed E-state index contributed by atoms with van der Waals surface area (Å²) in [5.41, 5.74) is 1.88. The minimum atomic E-state index is 0.489. The maximum absolute atomic E-state index is 5.45. The SMILES string of the molecule is COc1ccccc1Nc1cc(NC2CCCC2)nc(-c2ccccc2)n1. The Kier molecular flexibility index (Phi) is 5.19. The second-order valence-corrected chi connectivity index (χ2v) is 6.78. The van der Waals surface area contributed by atoms with E-state index < -0.39 is 0 Å². The van der Waals surface area contributed by atoms with Crippen LogP contribution in [0.5, 0.6) is 5.75 Å². The summed E-state index contributed by atoms with van der Waals surface area (Å²) in [6.07, 6.45) is 4.95. The molecule has 0 spiro atoms. The van der Waals surface area contributed by atoms with E-state index in [0.29, 0.717) is 11.9 Å². The van der Waals surface area contributed by atoms with Gasteiger partial charge in [0.1, 0.15) is 17.4 Å². The monoisotopic (exact) mass is 360 g/mol. The quantitative estimate of drug-likeness (QED) is 0.629. The number of nitrogens with zero attached hydrogens (tertiary/aromatic N) is 2. The van der Waals surface area contributed by atoms with Gasteiger partial charge in [-0.15, -0.1) is 0 Å². The molecule has 0 saturated heterocycles. The van der Waals surface area contributed by atoms with Crippen molar-refractivity contribution >= 4 is 17.3 Å². The Labute approximate surface area is 159 Å². The Morgan fingerprint density at radius 3 is 2.37 bits per heavy atom. The summed E-state index contributed by atoms with van der Waals surface area (Å²) >= 11 is 0. The van der Waals surface area contributed by atoms with E-state index in [4.69, 9.17) is 14.7 Å². The molecule has 0 unspecified atom stereocenters. The smallest absolute Gasteiger partial charge is 0.163 e. The average Bonchev–Trinajstić information content (AvgIpc) is 3.22. The fourth-order valence-electron chi connectivity index (χ4n) is 3.47. The van der Waals surface area contributed by atoms with E-state index in [1.54, 1.807) is 7.11 Å². The molecule has 138 valence electrons. The Morgan fingerprint density at radius 1 is 0.889 bits per heavy atom. The lowest BCUT2D eigenvalue weighted by molar-refractivity contribution is 0.417. The van der Waals surface area contributed by atoms with Crippen LogP contribution in [-0.2, 0) is 0 Å². The van der Waals surface area contributed by atoms with Crippen LogP contribution in [0.2, 0.25) is 0 Å². The van der Waals surface area contributed by atoms with Crippen LogP contribution in [0.1, 0.15) is 25.7 Å². The summed E-state index contributed by atoms with van der Waals surface area (Å²) in [7, 11) is 1.67. The van der Waals surface area contributed by atoms with Gasteiger partial charge in [-0.2, -0.15) is 0 Å². The first-order valence-electron chi connectivity index (χ1n) is 9.43. The third-order valence-electron chi connectivity index (χ3n) is 4.84. The Balaban J connectivity index is 1.68. The highest BCUT2D eigenvalue weighted by Gasteiger charge is 2.16. The van der Waals surface area contributed by atoms with E-state index in [1.807, 2.05) is 60.7 Å². The summed E-state index contributed by atoms with van der Waals surface area (Å²) < 4.78 is 5.45. The molecule has 0 aliphatic heterocycles. The van der Waals surface area contributed by atoms with Crippen molar-refractivity contribution in [1.82, 2.24) is 9.97 Å². The van der Waals surface area contributed by atoms with Gasteiger partial charge in [0.15, 0.2) is 5.82 Å². The maximum Gasteiger partial charge on any atom is 0.163 e. The van der Waals surface area contributed by atoms with Crippen molar-refractivity contribution in [3.8, 4) is 17.1 Å². The molecule has 0 bridgehead atoms. The van der Waals surface area contributed by atoms with Crippen molar-refractivity contribution in [3.63, 3.8) is 0 Å². The van der Waals surface area contributed by atoms with Gasteiger partial charge in [0.2, 0.25) is 0 Å². The average molecular weight is 360 g/mol. The molecule has 2 aromatic carbocycles. The van der Waals surface area contributed by atoms with E-state index in [1.165, 1.54) is 25.7 Å². The standard InChI is InChI=1S/C22H24N4O/c1-27-19-14-8-7-13-18(19)24-21-15-20(23-17-11-5-6-12-17)25-22(26-21)16-9-3-2-4-10-16/h2-4,7-10,13-15,17H,5-6,11-12H2,1H3,(H2,23,24,25,26). The Morgan fingerprint density at radius 2 is 1.59 bits per heavy atom. The first-order chi connectivity index (χ1) is 13.3. The van der Waals surface area contributed by atoms with Crippen molar-refractivity contribution in [3.05, 3.63) is 60.7 Å². The largest absolute Gasteiger partial charge is 0.495 e. The molecule has 27 heavy (non-hydrogen) atoms. The Bertz CT molecular complexity index is 892. The number of para-hydroxylation sites is 2. The van der Waals surface area contributed by atoms with Crippen molar-refractivity contribution < 1.29 is 4.74 Å². The minimum absolute atomic E-state index is 0.489. The number of anilines is 3. The van der Waals surface area contributed by atoms with E-state index in [0.717, 1.165) is 28.6 Å². The molecule has 0 atom stereocenters. The topological polar surface area (TPSA) is 59.1 Å². The van der Waals surface area contributed by atoms with Crippen LogP contribution in [0.15, 0.2) is 60.7 Å². The van der Waals surface area contributed by atoms with Crippen LogP contribution >= 0.6 is 0 Å². The molecule has 0 amide bonds. The molecule has 1 aliphatic carbocycles. The van der Waals surface area contributed by atoms with Crippen LogP contribution in [-0.4, -0.2) is 23.1 Å². The van der Waals surface area contributed by atoms with Crippen LogP contribution in [0.3, 0.4) is 0 Å². The van der Waals surface area contributed by atoms with Gasteiger partial charge in [-0.3, -0.25) is 0 Å². The molecule has 5 heteroatoms. The van der Waals surface area contributed by atoms with E-state index >= 15 is 0 Å². The molecule has 1 aliphatic rings. The molecule has 2 N–H and O–H groups in total. The first kappa shape index (κ1) is 17.3. The van der Waals surface area contributed by atoms with Crippen molar-refractivity contribution in [2.75, 3.05) is 17.7 Å². The maximum atomic E-state index is 5.45. The lowest BCUT2D eigenvalue weighted by Gasteiger charge is -2.16. The molecule has 0 radical (unpaired) electrons. The van der Waals surface area contributed by atoms with Crippen LogP contribution in [0.4, 0.5) is 17.3 Å². The minimum Gasteiger partial charge on any atom is -0.495 e. The zero-order valence-electron chi connectivity index (χ0n) is 15.5. The number of hydrogen-bond acceptors (Lipinski definition) is 5. The van der Waals surface area contributed by atoms with Crippen LogP contribution < -0.4 is 15.4 Å². The molecule has 1 aromatic heterocycles. The van der Waals surface area contributed by atoms with Gasteiger partial charge in [-0.25, -0.2) is 9.97 Å². The summed E-state index contributed by atoms with van der Waals surface area (Å²) in [6.45, 7) is 0. The fourth-order valence-corrected chi connectivity index (χ4v) is 3.47. The lowest BCUT2D eigenvalue weighted by Crippen LogP contribution is -2.16. The summed E-state index contributed by atoms with van der Waals surface area (Å²) in [5, 5.41) is 6.97. The van der Waals surface area contributed by atoms with Gasteiger partial charge in [-0.05, 0) is 25.0 Å². The summed E-state index contributed by atoms with van der Waals surface area (Å²) in [4.78, 5) is 9.49. The summed E-state index contributed by atoms with van der Waals surface area (Å²) in [6, 6.07) is 20.4. The zero-order valence-corrected chi connectivity index (χ0v) is 15.5. The number of rotatable bonds is 6. The number of benzene rings is 2. The third-order valence-corrected chi connectivity index (χ3v) is 4.84. The van der Waals surface area contributed by atoms with Crippen LogP contribution in [0, 0.1) is 0 Å². The highest BCUT2D eigenvalue weighted by atomic mass is 16.5. The van der Waals surface area contributed by atoms with Gasteiger partial charge in [0, 0.05) is 17.7 Å². The summed E-state index contributed by atoms with van der Waals surface area (Å²) in [5.74, 6) is 3.08. The van der Waals surface area contributed by atoms with Gasteiger partial charge in [0.05, 0.1) is 12.8 Å². The van der Waals surface area contributed by atoms with E-state index in [2.05, 4.69) is 10.6 Å². The number of methoxy groups -OCH3 is 1. The highest BCUT2D eigenvalue weighted by molar-refractivity contribution is 5.68. The number of ether oxygens (including phenoxy) is 1. The highest BCUT2D eigenvalue weighted by Crippen LogP contribution is 2.29. The van der Waals surface area contributed by atoms with Gasteiger partial charge >= 0.3 is 0 Å². The van der Waals surface area contributed by atoms with Crippen molar-refractivity contribution in [1.29, 1.82) is 0 Å². The Hall–Kier alpha value is -3.08. The van der Waals surface area contributed by atoms with E-state index in [9.17, 15) is 0 Å². The molecule has 3 aromatic rings. The number of aromatic nitrogens is 2. The molecule has 5 nitrogen and oxygen atoms in total. The third kappa shape index (κ3) is 4.19. The second kappa shape index (κ2) is 8.08. The molecule has 1 fully saturated rings. The fraction of sp³-hybridized carbons (Fsp3) is 0.273. The van der Waals surface area contributed by atoms with Crippen molar-refractivity contribution in [2.24, 2.45) is 0 Å². The molecule has 1 saturated carbocycles. The molecule has 4 rings (SSSR count). The second-order valence-electron chi connectivity index (χ2n) is 6.78.